The van der Waals surface area contributed by atoms with Crippen LogP contribution in [0.4, 0.5) is 0 Å². The molecule has 0 rings (SSSR count). The lowest BCUT2D eigenvalue weighted by Crippen LogP contribution is -2.19. The molecule has 0 aliphatic heterocycles. The van der Waals surface area contributed by atoms with Gasteiger partial charge in [0.05, 0.1) is 26.4 Å². The Kier molecular flexibility index (Phi) is 18.3. The summed E-state index contributed by atoms with van der Waals surface area (Å²) >= 11 is 0. The monoisotopic (exact) mass is 252 g/mol. The van der Waals surface area contributed by atoms with Crippen molar-refractivity contribution >= 4 is 10.4 Å². The molecule has 0 amide bonds. The molecule has 11 heteroatoms. The Labute approximate surface area is 86.9 Å². The van der Waals surface area contributed by atoms with Gasteiger partial charge in [-0.2, -0.15) is 8.42 Å². The first-order chi connectivity index (χ1) is 6.41. The highest BCUT2D eigenvalue weighted by Gasteiger charge is 1.84. The molecule has 0 aromatic carbocycles. The van der Waals surface area contributed by atoms with Gasteiger partial charge in [-0.1, -0.05) is 5.64 Å². The molecule has 0 radical (unpaired) electrons. The molecular formula is C4H16N2O8S. The lowest BCUT2D eigenvalue weighted by molar-refractivity contribution is -0.178. The highest BCUT2D eigenvalue weighted by Crippen LogP contribution is 1.67. The fourth-order valence-electron chi connectivity index (χ4n) is 0.216. The minimum Gasteiger partial charge on any atom is -0.394 e. The summed E-state index contributed by atoms with van der Waals surface area (Å²) < 4.78 is 31.6. The lowest BCUT2D eigenvalue weighted by atomic mass is 10.8. The summed E-state index contributed by atoms with van der Waals surface area (Å²) in [5.74, 6) is 0. The zero-order valence-electron chi connectivity index (χ0n) is 7.87. The van der Waals surface area contributed by atoms with E-state index in [2.05, 4.69) is 15.3 Å². The van der Waals surface area contributed by atoms with Gasteiger partial charge in [-0.05, 0) is 0 Å². The van der Waals surface area contributed by atoms with Gasteiger partial charge in [-0.25, -0.2) is 0 Å². The van der Waals surface area contributed by atoms with Crippen LogP contribution in [-0.4, -0.2) is 54.2 Å². The van der Waals surface area contributed by atoms with Crippen LogP contribution in [0.15, 0.2) is 0 Å². The maximum atomic E-state index is 8.74. The Hall–Kier alpha value is -0.370. The standard InChI is InChI=1S/C4H11NO4.H3N.H2O4S/c6-1-3-8-5-9-4-2-7;;1-5(2,3)4/h5-7H,1-4H2;1H3;(H2,1,2,3,4). The van der Waals surface area contributed by atoms with Gasteiger partial charge in [-0.3, -0.25) is 18.8 Å². The third-order valence-corrected chi connectivity index (χ3v) is 0.505. The van der Waals surface area contributed by atoms with E-state index in [-0.39, 0.29) is 32.6 Å². The molecule has 15 heavy (non-hydrogen) atoms. The van der Waals surface area contributed by atoms with Crippen LogP contribution in [0.5, 0.6) is 0 Å². The van der Waals surface area contributed by atoms with Crippen molar-refractivity contribution in [3.8, 4) is 0 Å². The van der Waals surface area contributed by atoms with Gasteiger partial charge in [0.1, 0.15) is 0 Å². The fourth-order valence-corrected chi connectivity index (χ4v) is 0.216. The van der Waals surface area contributed by atoms with E-state index in [0.29, 0.717) is 0 Å². The first-order valence-electron chi connectivity index (χ1n) is 3.32. The van der Waals surface area contributed by atoms with Crippen molar-refractivity contribution in [2.45, 2.75) is 0 Å². The molecule has 0 spiro atoms. The van der Waals surface area contributed by atoms with Crippen molar-refractivity contribution < 1.29 is 37.4 Å². The summed E-state index contributed by atoms with van der Waals surface area (Å²) in [5, 5.41) is 16.3. The number of rotatable bonds is 6. The van der Waals surface area contributed by atoms with Crippen molar-refractivity contribution in [2.24, 2.45) is 0 Å². The Morgan fingerprint density at radius 1 is 1.00 bits per heavy atom. The molecule has 0 saturated heterocycles. The summed E-state index contributed by atoms with van der Waals surface area (Å²) in [4.78, 5) is 8.90. The molecular weight excluding hydrogens is 236 g/mol. The van der Waals surface area contributed by atoms with E-state index in [9.17, 15) is 0 Å². The Morgan fingerprint density at radius 3 is 1.47 bits per heavy atom. The highest BCUT2D eigenvalue weighted by molar-refractivity contribution is 7.79. The predicted octanol–water partition coefficient (Wildman–Crippen LogP) is -2.07. The molecule has 10 nitrogen and oxygen atoms in total. The third-order valence-electron chi connectivity index (χ3n) is 0.505. The van der Waals surface area contributed by atoms with Crippen LogP contribution in [0, 0.1) is 0 Å². The Bertz CT molecular complexity index is 181. The van der Waals surface area contributed by atoms with Crippen LogP contribution in [0.1, 0.15) is 0 Å². The van der Waals surface area contributed by atoms with Gasteiger partial charge in [-0.15, -0.1) is 0 Å². The fraction of sp³-hybridized carbons (Fsp3) is 1.00. The molecule has 0 bridgehead atoms. The van der Waals surface area contributed by atoms with E-state index < -0.39 is 10.4 Å². The normalized spacial score (nSPS) is 9.87. The van der Waals surface area contributed by atoms with E-state index >= 15 is 0 Å². The summed E-state index contributed by atoms with van der Waals surface area (Å²) in [7, 11) is -4.67. The highest BCUT2D eigenvalue weighted by atomic mass is 32.3. The summed E-state index contributed by atoms with van der Waals surface area (Å²) in [6.07, 6.45) is 0. The van der Waals surface area contributed by atoms with Crippen molar-refractivity contribution in [3.63, 3.8) is 0 Å². The first kappa shape index (κ1) is 20.1. The predicted molar refractivity (Wildman–Crippen MR) is 48.4 cm³/mol. The van der Waals surface area contributed by atoms with E-state index in [1.807, 2.05) is 0 Å². The zero-order valence-corrected chi connectivity index (χ0v) is 8.68. The smallest absolute Gasteiger partial charge is 0.394 e. The van der Waals surface area contributed by atoms with Gasteiger partial charge in [0.15, 0.2) is 0 Å². The van der Waals surface area contributed by atoms with Gasteiger partial charge >= 0.3 is 10.4 Å². The molecule has 0 atom stereocenters. The largest absolute Gasteiger partial charge is 0.394 e. The maximum absolute atomic E-state index is 8.74. The average molecular weight is 252 g/mol. The molecule has 0 aliphatic rings. The minimum absolute atomic E-state index is 0. The SMILES string of the molecule is N.O=S(=O)(O)O.OCCONOCCO. The molecule has 96 valence electrons. The number of nitrogens with one attached hydrogen (secondary N) is 1. The summed E-state index contributed by atoms with van der Waals surface area (Å²) in [5.41, 5.74) is 2.07. The molecule has 0 aliphatic carbocycles. The van der Waals surface area contributed by atoms with E-state index in [0.717, 1.165) is 0 Å². The molecule has 0 aromatic heterocycles. The maximum Gasteiger partial charge on any atom is 0.394 e. The first-order valence-corrected chi connectivity index (χ1v) is 4.71. The quantitative estimate of drug-likeness (QED) is 0.174. The van der Waals surface area contributed by atoms with Crippen molar-refractivity contribution in [1.82, 2.24) is 11.8 Å². The van der Waals surface area contributed by atoms with Crippen molar-refractivity contribution in [3.05, 3.63) is 0 Å². The van der Waals surface area contributed by atoms with E-state index in [4.69, 9.17) is 27.7 Å². The zero-order chi connectivity index (χ0) is 11.4. The lowest BCUT2D eigenvalue weighted by Gasteiger charge is -2.01. The number of hydrogen-bond donors (Lipinski definition) is 6. The second kappa shape index (κ2) is 13.6. The Balaban J connectivity index is -0.000000208. The van der Waals surface area contributed by atoms with Crippen LogP contribution in [-0.2, 0) is 20.1 Å². The molecule has 0 heterocycles. The molecule has 0 fully saturated rings. The molecule has 0 saturated carbocycles. The van der Waals surface area contributed by atoms with Crippen LogP contribution < -0.4 is 11.8 Å². The van der Waals surface area contributed by atoms with Crippen molar-refractivity contribution in [1.29, 1.82) is 0 Å². The van der Waals surface area contributed by atoms with Gasteiger partial charge in [0, 0.05) is 0 Å². The van der Waals surface area contributed by atoms with Gasteiger partial charge in [0.2, 0.25) is 0 Å². The Morgan fingerprint density at radius 2 is 1.27 bits per heavy atom. The second-order valence-electron chi connectivity index (χ2n) is 1.68. The molecule has 8 N–H and O–H groups in total. The third kappa shape index (κ3) is 58.2. The summed E-state index contributed by atoms with van der Waals surface area (Å²) in [6, 6.07) is 0. The van der Waals surface area contributed by atoms with Crippen LogP contribution in [0.3, 0.4) is 0 Å². The van der Waals surface area contributed by atoms with Crippen LogP contribution in [0.25, 0.3) is 0 Å². The number of aliphatic hydroxyl groups is 2. The molecule has 0 aromatic rings. The minimum atomic E-state index is -4.67. The topological polar surface area (TPSA) is 181 Å². The van der Waals surface area contributed by atoms with Gasteiger partial charge < -0.3 is 16.4 Å². The summed E-state index contributed by atoms with van der Waals surface area (Å²) in [6.45, 7) is 0.224. The number of hydrogen-bond acceptors (Lipinski definition) is 8. The second-order valence-corrected chi connectivity index (χ2v) is 2.57. The molecule has 0 unspecified atom stereocenters. The van der Waals surface area contributed by atoms with Crippen molar-refractivity contribution in [2.75, 3.05) is 26.4 Å². The number of aliphatic hydroxyl groups excluding tert-OH is 2. The van der Waals surface area contributed by atoms with Crippen LogP contribution in [0.2, 0.25) is 0 Å². The van der Waals surface area contributed by atoms with Crippen LogP contribution >= 0.6 is 0 Å². The van der Waals surface area contributed by atoms with E-state index in [1.54, 1.807) is 0 Å². The average Bonchev–Trinajstić information content (AvgIpc) is 2.01. The van der Waals surface area contributed by atoms with Gasteiger partial charge in [0.25, 0.3) is 0 Å². The van der Waals surface area contributed by atoms with E-state index in [1.165, 1.54) is 0 Å².